The van der Waals surface area contributed by atoms with E-state index < -0.39 is 15.9 Å². The van der Waals surface area contributed by atoms with E-state index in [9.17, 15) is 18.0 Å². The van der Waals surface area contributed by atoms with Crippen LogP contribution in [0.25, 0.3) is 22.3 Å². The van der Waals surface area contributed by atoms with Crippen molar-refractivity contribution in [3.05, 3.63) is 88.1 Å². The van der Waals surface area contributed by atoms with Crippen LogP contribution in [0.2, 0.25) is 0 Å². The molecule has 35 heavy (non-hydrogen) atoms. The fourth-order valence-electron chi connectivity index (χ4n) is 3.70. The zero-order valence-electron chi connectivity index (χ0n) is 19.7. The van der Waals surface area contributed by atoms with Gasteiger partial charge in [0.05, 0.1) is 28.6 Å². The summed E-state index contributed by atoms with van der Waals surface area (Å²) >= 11 is 0. The highest BCUT2D eigenvalue weighted by Gasteiger charge is 2.22. The molecule has 9 heteroatoms. The van der Waals surface area contributed by atoms with E-state index in [-0.39, 0.29) is 38.3 Å². The number of carbonyl (C=O) groups is 1. The Morgan fingerprint density at radius 1 is 1.00 bits per heavy atom. The number of hydrogen-bond donors (Lipinski definition) is 1. The lowest BCUT2D eigenvalue weighted by atomic mass is 10.0. The molecule has 1 aromatic heterocycles. The van der Waals surface area contributed by atoms with E-state index in [0.717, 1.165) is 4.31 Å². The molecule has 0 radical (unpaired) electrons. The van der Waals surface area contributed by atoms with Gasteiger partial charge in [0.1, 0.15) is 11.5 Å². The molecule has 0 saturated carbocycles. The highest BCUT2D eigenvalue weighted by atomic mass is 32.2. The maximum absolute atomic E-state index is 13.3. The molecule has 0 saturated heterocycles. The van der Waals surface area contributed by atoms with E-state index >= 15 is 0 Å². The molecule has 4 aromatic rings. The van der Waals surface area contributed by atoms with Gasteiger partial charge in [0.15, 0.2) is 11.0 Å². The van der Waals surface area contributed by atoms with E-state index in [0.29, 0.717) is 16.9 Å². The minimum Gasteiger partial charge on any atom is -0.495 e. The maximum Gasteiger partial charge on any atom is 0.259 e. The number of sulfonamides is 1. The number of hydrogen-bond acceptors (Lipinski definition) is 6. The van der Waals surface area contributed by atoms with Crippen LogP contribution in [0.1, 0.15) is 15.9 Å². The lowest BCUT2D eigenvalue weighted by molar-refractivity contribution is 0.102. The van der Waals surface area contributed by atoms with E-state index in [1.165, 1.54) is 45.5 Å². The van der Waals surface area contributed by atoms with Crippen molar-refractivity contribution in [3.63, 3.8) is 0 Å². The Morgan fingerprint density at radius 2 is 1.71 bits per heavy atom. The number of methoxy groups -OCH3 is 1. The average molecular weight is 493 g/mol. The van der Waals surface area contributed by atoms with Gasteiger partial charge in [-0.3, -0.25) is 9.59 Å². The first-order valence-corrected chi connectivity index (χ1v) is 12.1. The Hall–Kier alpha value is -3.95. The first kappa shape index (κ1) is 24.2. The number of anilines is 1. The minimum atomic E-state index is -3.74. The summed E-state index contributed by atoms with van der Waals surface area (Å²) in [6.07, 6.45) is 0. The van der Waals surface area contributed by atoms with Gasteiger partial charge in [-0.2, -0.15) is 0 Å². The van der Waals surface area contributed by atoms with Gasteiger partial charge < -0.3 is 14.5 Å². The van der Waals surface area contributed by atoms with Gasteiger partial charge in [-0.25, -0.2) is 12.7 Å². The van der Waals surface area contributed by atoms with Crippen molar-refractivity contribution < 1.29 is 22.4 Å². The van der Waals surface area contributed by atoms with Crippen LogP contribution in [-0.2, 0) is 10.0 Å². The highest BCUT2D eigenvalue weighted by Crippen LogP contribution is 2.31. The zero-order chi connectivity index (χ0) is 25.3. The Kier molecular flexibility index (Phi) is 6.47. The van der Waals surface area contributed by atoms with Gasteiger partial charge in [-0.15, -0.1) is 0 Å². The summed E-state index contributed by atoms with van der Waals surface area (Å²) in [7, 11) is 0.512. The molecule has 8 nitrogen and oxygen atoms in total. The normalized spacial score (nSPS) is 11.6. The van der Waals surface area contributed by atoms with E-state index in [2.05, 4.69) is 5.32 Å². The smallest absolute Gasteiger partial charge is 0.259 e. The Balaban J connectivity index is 1.83. The third-order valence-electron chi connectivity index (χ3n) is 5.62. The van der Waals surface area contributed by atoms with Gasteiger partial charge in [-0.05, 0) is 37.3 Å². The molecule has 4 rings (SSSR count). The number of nitrogens with zero attached hydrogens (tertiary/aromatic N) is 1. The van der Waals surface area contributed by atoms with Crippen LogP contribution in [0, 0.1) is 6.92 Å². The number of para-hydroxylation sites is 1. The van der Waals surface area contributed by atoms with Crippen LogP contribution in [0.3, 0.4) is 0 Å². The van der Waals surface area contributed by atoms with Crippen LogP contribution in [0.4, 0.5) is 5.69 Å². The molecule has 0 atom stereocenters. The third-order valence-corrected chi connectivity index (χ3v) is 7.43. The number of nitrogens with one attached hydrogen (secondary N) is 1. The number of amides is 1. The maximum atomic E-state index is 13.3. The molecular formula is C26H24N2O6S. The fraction of sp³-hybridized carbons (Fsp3) is 0.154. The lowest BCUT2D eigenvalue weighted by Crippen LogP contribution is -2.22. The molecule has 0 aliphatic rings. The zero-order valence-corrected chi connectivity index (χ0v) is 20.5. The van der Waals surface area contributed by atoms with Crippen molar-refractivity contribution in [2.24, 2.45) is 0 Å². The van der Waals surface area contributed by atoms with Crippen LogP contribution in [0.5, 0.6) is 5.75 Å². The van der Waals surface area contributed by atoms with Gasteiger partial charge in [-0.1, -0.05) is 36.4 Å². The van der Waals surface area contributed by atoms with E-state index in [1.54, 1.807) is 19.1 Å². The first-order chi connectivity index (χ1) is 16.6. The lowest BCUT2D eigenvalue weighted by Gasteiger charge is -2.15. The van der Waals surface area contributed by atoms with Crippen LogP contribution < -0.4 is 15.5 Å². The highest BCUT2D eigenvalue weighted by molar-refractivity contribution is 7.89. The van der Waals surface area contributed by atoms with E-state index in [4.69, 9.17) is 9.15 Å². The summed E-state index contributed by atoms with van der Waals surface area (Å²) in [5.74, 6) is 0.0675. The Labute approximate surface area is 202 Å². The SMILES string of the molecule is COc1ccc(S(=O)(=O)N(C)C)cc1NC(=O)c1cccc2c(=O)c(C)c(-c3ccccc3)oc12. The van der Waals surface area contributed by atoms with Crippen molar-refractivity contribution in [3.8, 4) is 17.1 Å². The summed E-state index contributed by atoms with van der Waals surface area (Å²) in [5, 5.41) is 2.97. The summed E-state index contributed by atoms with van der Waals surface area (Å²) in [5.41, 5.74) is 1.33. The predicted octanol–water partition coefficient (Wildman–Crippen LogP) is 4.28. The second kappa shape index (κ2) is 9.36. The van der Waals surface area contributed by atoms with Crippen molar-refractivity contribution >= 4 is 32.6 Å². The number of fused-ring (bicyclic) bond motifs is 1. The molecule has 0 unspecified atom stereocenters. The molecular weight excluding hydrogens is 468 g/mol. The Morgan fingerprint density at radius 3 is 2.37 bits per heavy atom. The molecule has 0 aliphatic heterocycles. The van der Waals surface area contributed by atoms with Crippen molar-refractivity contribution in [2.75, 3.05) is 26.5 Å². The van der Waals surface area contributed by atoms with Crippen molar-refractivity contribution in [1.29, 1.82) is 0 Å². The second-order valence-corrected chi connectivity index (χ2v) is 10.2. The summed E-state index contributed by atoms with van der Waals surface area (Å²) < 4.78 is 37.7. The van der Waals surface area contributed by atoms with Crippen LogP contribution >= 0.6 is 0 Å². The first-order valence-electron chi connectivity index (χ1n) is 10.7. The quantitative estimate of drug-likeness (QED) is 0.431. The molecule has 0 spiro atoms. The number of benzene rings is 3. The van der Waals surface area contributed by atoms with Gasteiger partial charge in [0.25, 0.3) is 5.91 Å². The minimum absolute atomic E-state index is 0.00922. The molecule has 3 aromatic carbocycles. The second-order valence-electron chi connectivity index (χ2n) is 8.04. The molecule has 180 valence electrons. The summed E-state index contributed by atoms with van der Waals surface area (Å²) in [4.78, 5) is 26.4. The molecule has 1 heterocycles. The average Bonchev–Trinajstić information content (AvgIpc) is 2.86. The monoisotopic (exact) mass is 492 g/mol. The predicted molar refractivity (Wildman–Crippen MR) is 134 cm³/mol. The number of carbonyl (C=O) groups excluding carboxylic acids is 1. The number of ether oxygens (including phenoxy) is 1. The molecule has 0 fully saturated rings. The van der Waals surface area contributed by atoms with Crippen LogP contribution in [0.15, 0.2) is 80.8 Å². The van der Waals surface area contributed by atoms with Crippen LogP contribution in [-0.4, -0.2) is 39.8 Å². The van der Waals surface area contributed by atoms with Gasteiger partial charge in [0.2, 0.25) is 10.0 Å². The molecule has 1 N–H and O–H groups in total. The topological polar surface area (TPSA) is 106 Å². The summed E-state index contributed by atoms with van der Waals surface area (Å²) in [6.45, 7) is 1.68. The fourth-order valence-corrected chi connectivity index (χ4v) is 4.63. The largest absolute Gasteiger partial charge is 0.495 e. The third kappa shape index (κ3) is 4.43. The Bertz CT molecular complexity index is 1590. The standard InChI is InChI=1S/C26H24N2O6S/c1-16-23(29)19-11-8-12-20(25(19)34-24(16)17-9-6-5-7-10-17)26(30)27-21-15-18(13-14-22(21)33-4)35(31,32)28(2)3/h5-15H,1-4H3,(H,27,30). The number of rotatable bonds is 6. The van der Waals surface area contributed by atoms with E-state index in [1.807, 2.05) is 30.3 Å². The molecule has 0 aliphatic carbocycles. The summed E-state index contributed by atoms with van der Waals surface area (Å²) in [6, 6.07) is 18.1. The van der Waals surface area contributed by atoms with Crippen molar-refractivity contribution in [2.45, 2.75) is 11.8 Å². The molecule has 0 bridgehead atoms. The van der Waals surface area contributed by atoms with Gasteiger partial charge >= 0.3 is 0 Å². The van der Waals surface area contributed by atoms with Crippen molar-refractivity contribution in [1.82, 2.24) is 4.31 Å². The van der Waals surface area contributed by atoms with Gasteiger partial charge in [0, 0.05) is 25.2 Å². The molecule has 1 amide bonds.